The third kappa shape index (κ3) is 11.6. The van der Waals surface area contributed by atoms with Gasteiger partial charge in [0, 0.05) is 44.9 Å². The van der Waals surface area contributed by atoms with Crippen molar-refractivity contribution in [1.82, 2.24) is 25.8 Å². The Balaban J connectivity index is 1.47. The fourth-order valence-corrected chi connectivity index (χ4v) is 7.18. The summed E-state index contributed by atoms with van der Waals surface area (Å²) in [6, 6.07) is 15.2. The lowest BCUT2D eigenvalue weighted by Crippen LogP contribution is -2.58. The Morgan fingerprint density at radius 1 is 0.725 bits per heavy atom. The van der Waals surface area contributed by atoms with Gasteiger partial charge in [-0.25, -0.2) is 0 Å². The van der Waals surface area contributed by atoms with Crippen molar-refractivity contribution < 1.29 is 24.0 Å². The molecule has 5 amide bonds. The van der Waals surface area contributed by atoms with Crippen molar-refractivity contribution in [3.63, 3.8) is 0 Å². The number of hydrogen-bond donors (Lipinski definition) is 5. The maximum absolute atomic E-state index is 14.0. The molecule has 7 N–H and O–H groups in total. The molecule has 5 atom stereocenters. The molecule has 2 fully saturated rings. The number of rotatable bonds is 17. The third-order valence-electron chi connectivity index (χ3n) is 10.1. The third-order valence-corrected chi connectivity index (χ3v) is 10.1. The highest BCUT2D eigenvalue weighted by molar-refractivity contribution is 5.95. The minimum atomic E-state index is -0.993. The molecule has 2 saturated heterocycles. The van der Waals surface area contributed by atoms with E-state index in [1.165, 1.54) is 0 Å². The van der Waals surface area contributed by atoms with Gasteiger partial charge in [0.25, 0.3) is 0 Å². The Hall–Kier alpha value is -4.29. The van der Waals surface area contributed by atoms with E-state index in [2.05, 4.69) is 16.0 Å². The van der Waals surface area contributed by atoms with E-state index < -0.39 is 41.9 Å². The van der Waals surface area contributed by atoms with Crippen molar-refractivity contribution in [2.24, 2.45) is 22.8 Å². The number of likely N-dealkylation sites (tertiary alicyclic amines) is 2. The van der Waals surface area contributed by atoms with Gasteiger partial charge in [0.05, 0.1) is 6.04 Å². The van der Waals surface area contributed by atoms with Crippen molar-refractivity contribution in [2.45, 2.75) is 96.3 Å². The van der Waals surface area contributed by atoms with Gasteiger partial charge in [-0.15, -0.1) is 0 Å². The number of carbonyl (C=O) groups excluding carboxylic acids is 5. The van der Waals surface area contributed by atoms with Crippen molar-refractivity contribution in [3.8, 4) is 0 Å². The van der Waals surface area contributed by atoms with Crippen LogP contribution in [0.2, 0.25) is 0 Å². The lowest BCUT2D eigenvalue weighted by atomic mass is 9.86. The van der Waals surface area contributed by atoms with E-state index >= 15 is 0 Å². The quantitative estimate of drug-likeness (QED) is 0.156. The Bertz CT molecular complexity index is 1470. The van der Waals surface area contributed by atoms with E-state index in [-0.39, 0.29) is 29.6 Å². The maximum atomic E-state index is 14.0. The second-order valence-electron chi connectivity index (χ2n) is 14.8. The largest absolute Gasteiger partial charge is 0.343 e. The Morgan fingerprint density at radius 3 is 1.82 bits per heavy atom. The van der Waals surface area contributed by atoms with E-state index in [0.717, 1.165) is 24.0 Å². The Kier molecular flexibility index (Phi) is 14.6. The molecule has 0 bridgehead atoms. The average molecular weight is 704 g/mol. The Labute approximate surface area is 302 Å². The second-order valence-corrected chi connectivity index (χ2v) is 14.8. The molecule has 2 aromatic rings. The molecule has 12 heteroatoms. The molecule has 51 heavy (non-hydrogen) atoms. The van der Waals surface area contributed by atoms with Crippen molar-refractivity contribution in [3.05, 3.63) is 71.8 Å². The molecule has 2 heterocycles. The van der Waals surface area contributed by atoms with E-state index in [1.54, 1.807) is 6.92 Å². The molecule has 0 saturated carbocycles. The first-order chi connectivity index (χ1) is 24.4. The van der Waals surface area contributed by atoms with Crippen LogP contribution in [-0.2, 0) is 36.8 Å². The molecule has 0 radical (unpaired) electrons. The molecule has 2 aliphatic heterocycles. The molecule has 1 spiro atoms. The van der Waals surface area contributed by atoms with E-state index in [4.69, 9.17) is 11.5 Å². The van der Waals surface area contributed by atoms with Crippen LogP contribution in [-0.4, -0.2) is 96.2 Å². The molecular weight excluding hydrogens is 646 g/mol. The minimum Gasteiger partial charge on any atom is -0.343 e. The summed E-state index contributed by atoms with van der Waals surface area (Å²) in [6.45, 7) is 8.39. The van der Waals surface area contributed by atoms with Gasteiger partial charge in [-0.1, -0.05) is 74.5 Å². The van der Waals surface area contributed by atoms with Crippen LogP contribution in [0.25, 0.3) is 0 Å². The molecule has 2 aromatic carbocycles. The van der Waals surface area contributed by atoms with Crippen molar-refractivity contribution in [2.75, 3.05) is 32.7 Å². The number of benzene rings is 2. The first-order valence-corrected chi connectivity index (χ1v) is 18.4. The standard InChI is InChI=1S/C39H57N7O5/c1-27(2)22-33(36(49)42-32(16-10-11-19-40)38(51)46-21-18-39(26-46)17-20-45(25-39)28(3)47)44-37(50)34(24-30-14-8-5-9-15-30)43-35(48)31(41)23-29-12-6-4-7-13-29/h4-9,12-15,27,31-34H,10-11,16-26,40-41H2,1-3H3,(H,42,49)(H,43,48)(H,44,50)/t31-,32-,33-,34-,39?/m1/s1. The number of hydrogen-bond acceptors (Lipinski definition) is 7. The van der Waals surface area contributed by atoms with Crippen LogP contribution in [0.3, 0.4) is 0 Å². The Morgan fingerprint density at radius 2 is 1.25 bits per heavy atom. The molecule has 12 nitrogen and oxygen atoms in total. The van der Waals surface area contributed by atoms with Crippen molar-refractivity contribution >= 4 is 29.5 Å². The summed E-state index contributed by atoms with van der Waals surface area (Å²) in [5.74, 6) is -1.51. The van der Waals surface area contributed by atoms with Crippen LogP contribution < -0.4 is 27.4 Å². The second kappa shape index (κ2) is 18.8. The zero-order valence-corrected chi connectivity index (χ0v) is 30.4. The fourth-order valence-electron chi connectivity index (χ4n) is 7.18. The lowest BCUT2D eigenvalue weighted by Gasteiger charge is -2.29. The van der Waals surface area contributed by atoms with Gasteiger partial charge >= 0.3 is 0 Å². The maximum Gasteiger partial charge on any atom is 0.245 e. The minimum absolute atomic E-state index is 0.0407. The van der Waals surface area contributed by atoms with Gasteiger partial charge in [0.2, 0.25) is 29.5 Å². The summed E-state index contributed by atoms with van der Waals surface area (Å²) in [7, 11) is 0. The van der Waals surface area contributed by atoms with Gasteiger partial charge in [-0.3, -0.25) is 24.0 Å². The van der Waals surface area contributed by atoms with Crippen LogP contribution >= 0.6 is 0 Å². The van der Waals surface area contributed by atoms with E-state index in [1.807, 2.05) is 84.3 Å². The molecule has 2 aliphatic rings. The fraction of sp³-hybridized carbons (Fsp3) is 0.564. The average Bonchev–Trinajstić information content (AvgIpc) is 3.74. The van der Waals surface area contributed by atoms with Crippen LogP contribution in [0.15, 0.2) is 60.7 Å². The normalized spacial score (nSPS) is 19.4. The van der Waals surface area contributed by atoms with Crippen LogP contribution in [0.4, 0.5) is 0 Å². The van der Waals surface area contributed by atoms with Gasteiger partial charge in [0.15, 0.2) is 0 Å². The topological polar surface area (TPSA) is 180 Å². The highest BCUT2D eigenvalue weighted by atomic mass is 16.2. The predicted octanol–water partition coefficient (Wildman–Crippen LogP) is 1.90. The van der Waals surface area contributed by atoms with Crippen LogP contribution in [0.5, 0.6) is 0 Å². The first kappa shape index (κ1) is 39.5. The predicted molar refractivity (Wildman–Crippen MR) is 197 cm³/mol. The number of nitrogens with two attached hydrogens (primary N) is 2. The molecule has 4 rings (SSSR count). The highest BCUT2D eigenvalue weighted by Crippen LogP contribution is 2.39. The number of amides is 5. The van der Waals surface area contributed by atoms with E-state index in [9.17, 15) is 24.0 Å². The van der Waals surface area contributed by atoms with Crippen molar-refractivity contribution in [1.29, 1.82) is 0 Å². The molecule has 1 unspecified atom stereocenters. The molecular formula is C39H57N7O5. The summed E-state index contributed by atoms with van der Waals surface area (Å²) < 4.78 is 0. The number of nitrogens with one attached hydrogen (secondary N) is 3. The van der Waals surface area contributed by atoms with E-state index in [0.29, 0.717) is 64.8 Å². The molecule has 0 aliphatic carbocycles. The van der Waals surface area contributed by atoms with Gasteiger partial charge < -0.3 is 37.2 Å². The summed E-state index contributed by atoms with van der Waals surface area (Å²) in [5.41, 5.74) is 13.7. The number of nitrogens with zero attached hydrogens (tertiary/aromatic N) is 2. The highest BCUT2D eigenvalue weighted by Gasteiger charge is 2.46. The zero-order chi connectivity index (χ0) is 37.0. The SMILES string of the molecule is CC(=O)N1CCC2(CCN(C(=O)[C@@H](CCCCN)NC(=O)[C@@H](CC(C)C)NC(=O)[C@@H](Cc3ccccc3)NC(=O)[C@H](N)Cc3ccccc3)C2)C1. The van der Waals surface area contributed by atoms with Crippen LogP contribution in [0, 0.1) is 11.3 Å². The summed E-state index contributed by atoms with van der Waals surface area (Å²) in [4.78, 5) is 70.9. The first-order valence-electron chi connectivity index (χ1n) is 18.4. The van der Waals surface area contributed by atoms with Gasteiger partial charge in [-0.05, 0) is 68.5 Å². The van der Waals surface area contributed by atoms with Crippen LogP contribution in [0.1, 0.15) is 70.4 Å². The molecule has 0 aromatic heterocycles. The smallest absolute Gasteiger partial charge is 0.245 e. The monoisotopic (exact) mass is 703 g/mol. The number of unbranched alkanes of at least 4 members (excludes halogenated alkanes) is 1. The summed E-state index contributed by atoms with van der Waals surface area (Å²) >= 11 is 0. The summed E-state index contributed by atoms with van der Waals surface area (Å²) in [5, 5.41) is 8.74. The number of carbonyl (C=O) groups is 5. The lowest BCUT2D eigenvalue weighted by molar-refractivity contribution is -0.137. The summed E-state index contributed by atoms with van der Waals surface area (Å²) in [6.07, 6.45) is 4.26. The van der Waals surface area contributed by atoms with Gasteiger partial charge in [0.1, 0.15) is 18.1 Å². The molecule has 278 valence electrons. The van der Waals surface area contributed by atoms with Gasteiger partial charge in [-0.2, -0.15) is 0 Å². The zero-order valence-electron chi connectivity index (χ0n) is 30.4.